The lowest BCUT2D eigenvalue weighted by molar-refractivity contribution is 0.0950. The largest absolute Gasteiger partial charge is 0.508 e. The number of carbonyl (C=O) groups excluding carboxylic acids is 2. The van der Waals surface area contributed by atoms with E-state index >= 15 is 0 Å². The summed E-state index contributed by atoms with van der Waals surface area (Å²) in [5.41, 5.74) is 0.134. The lowest BCUT2D eigenvalue weighted by Crippen LogP contribution is -2.35. The van der Waals surface area contributed by atoms with Crippen LogP contribution in [-0.2, 0) is 4.74 Å². The topological polar surface area (TPSA) is 108 Å². The van der Waals surface area contributed by atoms with E-state index in [1.54, 1.807) is 0 Å². The number of amides is 2. The van der Waals surface area contributed by atoms with E-state index < -0.39 is 12.0 Å². The van der Waals surface area contributed by atoms with Gasteiger partial charge in [-0.1, -0.05) is 13.8 Å². The second-order valence-corrected chi connectivity index (χ2v) is 4.91. The van der Waals surface area contributed by atoms with Gasteiger partial charge in [0.1, 0.15) is 11.5 Å². The molecule has 0 fully saturated rings. The van der Waals surface area contributed by atoms with Crippen molar-refractivity contribution >= 4 is 12.0 Å². The Hall–Kier alpha value is -2.44. The summed E-state index contributed by atoms with van der Waals surface area (Å²) in [6, 6.07) is 3.60. The monoisotopic (exact) mass is 296 g/mol. The van der Waals surface area contributed by atoms with Crippen LogP contribution in [-0.4, -0.2) is 41.9 Å². The fraction of sp³-hybridized carbons (Fsp3) is 0.429. The fourth-order valence-electron chi connectivity index (χ4n) is 1.46. The van der Waals surface area contributed by atoms with Gasteiger partial charge in [-0.05, 0) is 18.1 Å². The van der Waals surface area contributed by atoms with Crippen LogP contribution < -0.4 is 10.6 Å². The molecule has 0 spiro atoms. The van der Waals surface area contributed by atoms with Crippen LogP contribution in [0.15, 0.2) is 18.2 Å². The van der Waals surface area contributed by atoms with Gasteiger partial charge in [-0.3, -0.25) is 4.79 Å². The van der Waals surface area contributed by atoms with Crippen LogP contribution in [0.25, 0.3) is 0 Å². The molecule has 0 saturated carbocycles. The summed E-state index contributed by atoms with van der Waals surface area (Å²) in [7, 11) is 0. The molecular formula is C14H20N2O5. The van der Waals surface area contributed by atoms with Crippen molar-refractivity contribution in [2.45, 2.75) is 13.8 Å². The molecule has 4 N–H and O–H groups in total. The van der Waals surface area contributed by atoms with E-state index in [2.05, 4.69) is 10.6 Å². The van der Waals surface area contributed by atoms with Crippen LogP contribution in [0.5, 0.6) is 11.5 Å². The Labute approximate surface area is 122 Å². The summed E-state index contributed by atoms with van der Waals surface area (Å²) in [4.78, 5) is 23.0. The smallest absolute Gasteiger partial charge is 0.407 e. The molecule has 1 aromatic rings. The van der Waals surface area contributed by atoms with Gasteiger partial charge >= 0.3 is 6.09 Å². The molecule has 0 bridgehead atoms. The van der Waals surface area contributed by atoms with Crippen LogP contribution in [0.3, 0.4) is 0 Å². The molecule has 0 aliphatic carbocycles. The molecular weight excluding hydrogens is 276 g/mol. The number of aromatic hydroxyl groups is 2. The van der Waals surface area contributed by atoms with Crippen LogP contribution in [0.1, 0.15) is 24.2 Å². The van der Waals surface area contributed by atoms with Crippen molar-refractivity contribution in [2.75, 3.05) is 19.7 Å². The Morgan fingerprint density at radius 3 is 2.24 bits per heavy atom. The number of alkyl carbamates (subject to hydrolysis) is 1. The third-order valence-electron chi connectivity index (χ3n) is 2.39. The van der Waals surface area contributed by atoms with E-state index in [4.69, 9.17) is 4.74 Å². The van der Waals surface area contributed by atoms with E-state index in [1.165, 1.54) is 12.1 Å². The lowest BCUT2D eigenvalue weighted by atomic mass is 10.2. The summed E-state index contributed by atoms with van der Waals surface area (Å²) in [5.74, 6) is -0.599. The third kappa shape index (κ3) is 6.51. The van der Waals surface area contributed by atoms with E-state index in [1.807, 2.05) is 13.8 Å². The average Bonchev–Trinajstić information content (AvgIpc) is 2.40. The highest BCUT2D eigenvalue weighted by molar-refractivity contribution is 5.95. The van der Waals surface area contributed by atoms with E-state index in [0.717, 1.165) is 6.07 Å². The number of phenolic OH excluding ortho intramolecular Hbond substituents is 2. The van der Waals surface area contributed by atoms with Crippen molar-refractivity contribution in [3.05, 3.63) is 23.8 Å². The summed E-state index contributed by atoms with van der Waals surface area (Å²) in [5, 5.41) is 23.6. The van der Waals surface area contributed by atoms with Gasteiger partial charge in [-0.15, -0.1) is 0 Å². The molecule has 0 atom stereocenters. The standard InChI is InChI=1S/C14H20N2O5/c1-9(2)8-21-14(20)16-4-3-15-13(19)10-5-11(17)7-12(18)6-10/h5-7,9,17-18H,3-4,8H2,1-2H3,(H,15,19)(H,16,20). The number of carbonyl (C=O) groups is 2. The molecule has 21 heavy (non-hydrogen) atoms. The number of benzene rings is 1. The van der Waals surface area contributed by atoms with Crippen molar-refractivity contribution in [3.8, 4) is 11.5 Å². The minimum absolute atomic E-state index is 0.134. The molecule has 0 aliphatic heterocycles. The number of ether oxygens (including phenoxy) is 1. The average molecular weight is 296 g/mol. The predicted octanol–water partition coefficient (Wildman–Crippen LogP) is 1.21. The maximum absolute atomic E-state index is 11.7. The maximum atomic E-state index is 11.7. The Kier molecular flexibility index (Phi) is 6.32. The Bertz CT molecular complexity index is 482. The zero-order chi connectivity index (χ0) is 15.8. The summed E-state index contributed by atoms with van der Waals surface area (Å²) < 4.78 is 4.90. The van der Waals surface area contributed by atoms with Crippen molar-refractivity contribution < 1.29 is 24.5 Å². The van der Waals surface area contributed by atoms with E-state index in [-0.39, 0.29) is 36.1 Å². The number of hydrogen-bond acceptors (Lipinski definition) is 5. The summed E-state index contributed by atoms with van der Waals surface area (Å²) in [6.45, 7) is 4.61. The molecule has 0 unspecified atom stereocenters. The molecule has 0 saturated heterocycles. The van der Waals surface area contributed by atoms with Gasteiger partial charge in [0.15, 0.2) is 0 Å². The van der Waals surface area contributed by atoms with Gasteiger partial charge in [-0.2, -0.15) is 0 Å². The van der Waals surface area contributed by atoms with Crippen molar-refractivity contribution in [1.29, 1.82) is 0 Å². The summed E-state index contributed by atoms with van der Waals surface area (Å²) in [6.07, 6.45) is -0.534. The van der Waals surface area contributed by atoms with Crippen LogP contribution in [0, 0.1) is 5.92 Å². The predicted molar refractivity (Wildman–Crippen MR) is 76.3 cm³/mol. The van der Waals surface area contributed by atoms with Gasteiger partial charge in [-0.25, -0.2) is 4.79 Å². The van der Waals surface area contributed by atoms with Crippen LogP contribution in [0.2, 0.25) is 0 Å². The molecule has 116 valence electrons. The SMILES string of the molecule is CC(C)COC(=O)NCCNC(=O)c1cc(O)cc(O)c1. The molecule has 7 nitrogen and oxygen atoms in total. The number of nitrogens with one attached hydrogen (secondary N) is 2. The lowest BCUT2D eigenvalue weighted by Gasteiger charge is -2.09. The van der Waals surface area contributed by atoms with Gasteiger partial charge < -0.3 is 25.6 Å². The normalized spacial score (nSPS) is 10.2. The molecule has 2 amide bonds. The number of rotatable bonds is 6. The summed E-state index contributed by atoms with van der Waals surface area (Å²) >= 11 is 0. The van der Waals surface area contributed by atoms with E-state index in [9.17, 15) is 19.8 Å². The minimum Gasteiger partial charge on any atom is -0.508 e. The minimum atomic E-state index is -0.534. The van der Waals surface area contributed by atoms with E-state index in [0.29, 0.717) is 6.61 Å². The van der Waals surface area contributed by atoms with Gasteiger partial charge in [0.05, 0.1) is 6.61 Å². The van der Waals surface area contributed by atoms with Crippen molar-refractivity contribution in [2.24, 2.45) is 5.92 Å². The van der Waals surface area contributed by atoms with Gasteiger partial charge in [0.25, 0.3) is 5.91 Å². The molecule has 0 heterocycles. The van der Waals surface area contributed by atoms with Crippen molar-refractivity contribution in [1.82, 2.24) is 10.6 Å². The number of hydrogen-bond donors (Lipinski definition) is 4. The highest BCUT2D eigenvalue weighted by Gasteiger charge is 2.08. The van der Waals surface area contributed by atoms with Crippen LogP contribution >= 0.6 is 0 Å². The maximum Gasteiger partial charge on any atom is 0.407 e. The first-order chi connectivity index (χ1) is 9.88. The first-order valence-electron chi connectivity index (χ1n) is 6.60. The Morgan fingerprint density at radius 1 is 1.10 bits per heavy atom. The third-order valence-corrected chi connectivity index (χ3v) is 2.39. The zero-order valence-corrected chi connectivity index (χ0v) is 12.0. The fourth-order valence-corrected chi connectivity index (χ4v) is 1.46. The molecule has 0 aliphatic rings. The highest BCUT2D eigenvalue weighted by Crippen LogP contribution is 2.20. The molecule has 7 heteroatoms. The first kappa shape index (κ1) is 16.6. The number of phenols is 2. The zero-order valence-electron chi connectivity index (χ0n) is 12.0. The Balaban J connectivity index is 2.29. The van der Waals surface area contributed by atoms with Gasteiger partial charge in [0, 0.05) is 24.7 Å². The molecule has 1 aromatic carbocycles. The van der Waals surface area contributed by atoms with Gasteiger partial charge in [0.2, 0.25) is 0 Å². The second kappa shape index (κ2) is 7.98. The molecule has 0 aromatic heterocycles. The first-order valence-corrected chi connectivity index (χ1v) is 6.60. The highest BCUT2D eigenvalue weighted by atomic mass is 16.5. The second-order valence-electron chi connectivity index (χ2n) is 4.91. The molecule has 0 radical (unpaired) electrons. The Morgan fingerprint density at radius 2 is 1.67 bits per heavy atom. The van der Waals surface area contributed by atoms with Crippen molar-refractivity contribution in [3.63, 3.8) is 0 Å². The quantitative estimate of drug-likeness (QED) is 0.590. The van der Waals surface area contributed by atoms with Crippen LogP contribution in [0.4, 0.5) is 4.79 Å². The molecule has 1 rings (SSSR count).